The number of allylic oxidation sites excluding steroid dienone is 1. The van der Waals surface area contributed by atoms with E-state index in [2.05, 4.69) is 60.5 Å². The molecule has 2 aromatic carbocycles. The van der Waals surface area contributed by atoms with Gasteiger partial charge < -0.3 is 25.2 Å². The number of halogens is 2. The van der Waals surface area contributed by atoms with Gasteiger partial charge in [-0.05, 0) is 86.6 Å². The molecular weight excluding hydrogens is 565 g/mol. The van der Waals surface area contributed by atoms with Crippen molar-refractivity contribution in [1.29, 1.82) is 0 Å². The molecule has 10 heteroatoms. The lowest BCUT2D eigenvalue weighted by molar-refractivity contribution is -0.119. The Hall–Kier alpha value is -3.17. The molecule has 2 N–H and O–H groups in total. The fourth-order valence-corrected chi connectivity index (χ4v) is 6.27. The van der Waals surface area contributed by atoms with Gasteiger partial charge in [-0.15, -0.1) is 0 Å². The van der Waals surface area contributed by atoms with E-state index < -0.39 is 0 Å². The number of nitrogens with zero attached hydrogens (tertiary/aromatic N) is 3. The van der Waals surface area contributed by atoms with Crippen LogP contribution in [0.15, 0.2) is 60.8 Å². The molecule has 0 saturated carbocycles. The van der Waals surface area contributed by atoms with Crippen molar-refractivity contribution in [3.63, 3.8) is 0 Å². The average Bonchev–Trinajstić information content (AvgIpc) is 3.25. The molecule has 2 atom stereocenters. The Kier molecular flexibility index (Phi) is 7.81. The van der Waals surface area contributed by atoms with Crippen LogP contribution in [-0.2, 0) is 9.53 Å². The van der Waals surface area contributed by atoms with Crippen LogP contribution in [0.3, 0.4) is 0 Å². The molecule has 1 amide bonds. The summed E-state index contributed by atoms with van der Waals surface area (Å²) < 4.78 is 4.91. The Morgan fingerprint density at radius 1 is 1.18 bits per heavy atom. The molecule has 208 valence electrons. The molecule has 3 aromatic rings. The zero-order valence-corrected chi connectivity index (χ0v) is 25.3. The highest BCUT2D eigenvalue weighted by Crippen LogP contribution is 2.48. The van der Waals surface area contributed by atoms with Gasteiger partial charge in [0.2, 0.25) is 5.91 Å². The third kappa shape index (κ3) is 5.17. The Bertz CT molecular complexity index is 1510. The van der Waals surface area contributed by atoms with Gasteiger partial charge in [-0.3, -0.25) is 9.78 Å². The molecular formula is C30H31Cl2N5O2S. The lowest BCUT2D eigenvalue weighted by Crippen LogP contribution is -2.42. The molecule has 3 heterocycles. The lowest BCUT2D eigenvalue weighted by Gasteiger charge is -2.41. The van der Waals surface area contributed by atoms with E-state index in [0.717, 1.165) is 28.2 Å². The Morgan fingerprint density at radius 2 is 1.95 bits per heavy atom. The van der Waals surface area contributed by atoms with Crippen molar-refractivity contribution in [3.8, 4) is 0 Å². The molecule has 1 fully saturated rings. The Labute approximate surface area is 250 Å². The first-order chi connectivity index (χ1) is 19.0. The monoisotopic (exact) mass is 595 g/mol. The van der Waals surface area contributed by atoms with Crippen LogP contribution in [0.25, 0.3) is 5.57 Å². The van der Waals surface area contributed by atoms with Gasteiger partial charge in [0.05, 0.1) is 34.0 Å². The van der Waals surface area contributed by atoms with Gasteiger partial charge in [-0.2, -0.15) is 0 Å². The van der Waals surface area contributed by atoms with Crippen molar-refractivity contribution in [2.45, 2.75) is 38.4 Å². The van der Waals surface area contributed by atoms with E-state index >= 15 is 0 Å². The summed E-state index contributed by atoms with van der Waals surface area (Å²) in [5.74, 6) is -0.291. The minimum absolute atomic E-state index is 0.0664. The van der Waals surface area contributed by atoms with E-state index in [1.54, 1.807) is 18.3 Å². The van der Waals surface area contributed by atoms with Crippen LogP contribution < -0.4 is 20.4 Å². The van der Waals surface area contributed by atoms with Crippen LogP contribution >= 0.6 is 35.4 Å². The normalized spacial score (nSPS) is 19.7. The number of carbonyl (C=O) groups is 1. The van der Waals surface area contributed by atoms with Crippen molar-refractivity contribution in [1.82, 2.24) is 10.3 Å². The van der Waals surface area contributed by atoms with Gasteiger partial charge in [0, 0.05) is 42.3 Å². The predicted molar refractivity (Wildman–Crippen MR) is 167 cm³/mol. The SMILES string of the molecule is COCC(=O)Nc1ccc(N2C(=S)N[C@H](c3ccccn3)[C@H]2c2cc3c(cc2Cl)N(C)C(C)(C)C=C3C)cc1Cl. The highest BCUT2D eigenvalue weighted by molar-refractivity contribution is 7.80. The smallest absolute Gasteiger partial charge is 0.250 e. The summed E-state index contributed by atoms with van der Waals surface area (Å²) in [7, 11) is 3.55. The van der Waals surface area contributed by atoms with E-state index in [0.29, 0.717) is 20.8 Å². The number of likely N-dealkylation sites (N-methyl/N-ethyl adjacent to an activating group) is 1. The first kappa shape index (κ1) is 28.4. The highest BCUT2D eigenvalue weighted by Gasteiger charge is 2.42. The number of hydrogen-bond donors (Lipinski definition) is 2. The van der Waals surface area contributed by atoms with Crippen LogP contribution in [0.1, 0.15) is 49.7 Å². The summed E-state index contributed by atoms with van der Waals surface area (Å²) in [5, 5.41) is 7.78. The number of rotatable bonds is 6. The molecule has 0 spiro atoms. The summed E-state index contributed by atoms with van der Waals surface area (Å²) in [6.07, 6.45) is 4.04. The number of anilines is 3. The van der Waals surface area contributed by atoms with Crippen molar-refractivity contribution < 1.29 is 9.53 Å². The van der Waals surface area contributed by atoms with Crippen LogP contribution in [0.5, 0.6) is 0 Å². The van der Waals surface area contributed by atoms with Crippen molar-refractivity contribution in [2.75, 3.05) is 35.9 Å². The fourth-order valence-electron chi connectivity index (χ4n) is 5.44. The molecule has 5 rings (SSSR count). The molecule has 2 aliphatic rings. The van der Waals surface area contributed by atoms with E-state index in [-0.39, 0.29) is 30.1 Å². The van der Waals surface area contributed by atoms with E-state index in [1.807, 2.05) is 35.2 Å². The topological polar surface area (TPSA) is 69.7 Å². The fraction of sp³-hybridized carbons (Fsp3) is 0.300. The molecule has 0 aliphatic carbocycles. The van der Waals surface area contributed by atoms with Crippen molar-refractivity contribution in [3.05, 3.63) is 87.7 Å². The quantitative estimate of drug-likeness (QED) is 0.304. The summed E-state index contributed by atoms with van der Waals surface area (Å²) >= 11 is 19.6. The van der Waals surface area contributed by atoms with Crippen LogP contribution in [0, 0.1) is 0 Å². The molecule has 0 radical (unpaired) electrons. The highest BCUT2D eigenvalue weighted by atomic mass is 35.5. The number of fused-ring (bicyclic) bond motifs is 1. The van der Waals surface area contributed by atoms with E-state index in [1.165, 1.54) is 12.7 Å². The zero-order valence-electron chi connectivity index (χ0n) is 23.0. The van der Waals surface area contributed by atoms with Crippen LogP contribution in [0.2, 0.25) is 10.0 Å². The number of carbonyl (C=O) groups excluding carboxylic acids is 1. The molecule has 7 nitrogen and oxygen atoms in total. The third-order valence-electron chi connectivity index (χ3n) is 7.53. The minimum atomic E-state index is -0.321. The van der Waals surface area contributed by atoms with Gasteiger partial charge >= 0.3 is 0 Å². The molecule has 40 heavy (non-hydrogen) atoms. The number of nitrogens with one attached hydrogen (secondary N) is 2. The molecule has 0 bridgehead atoms. The Balaban J connectivity index is 1.63. The Morgan fingerprint density at radius 3 is 2.62 bits per heavy atom. The maximum Gasteiger partial charge on any atom is 0.250 e. The number of benzene rings is 2. The standard InChI is InChI=1S/C30H31Cl2N5O2S/c1-17-15-30(2,3)36(4)25-14-21(31)20(13-19(17)25)28-27(24-8-6-7-11-33-24)35-29(40)37(28)18-9-10-23(22(32)12-18)34-26(38)16-39-5/h6-15,27-28H,16H2,1-5H3,(H,34,38)(H,35,40)/t27-,28-/m1/s1. The first-order valence-corrected chi connectivity index (χ1v) is 14.0. The van der Waals surface area contributed by atoms with E-state index in [9.17, 15) is 4.79 Å². The van der Waals surface area contributed by atoms with Crippen LogP contribution in [-0.4, -0.2) is 42.3 Å². The van der Waals surface area contributed by atoms with Gasteiger partial charge in [0.1, 0.15) is 6.61 Å². The molecule has 1 aromatic heterocycles. The van der Waals surface area contributed by atoms with Gasteiger partial charge in [-0.1, -0.05) is 35.3 Å². The number of aromatic nitrogens is 1. The average molecular weight is 597 g/mol. The maximum atomic E-state index is 12.1. The van der Waals surface area contributed by atoms with Gasteiger partial charge in [-0.25, -0.2) is 0 Å². The number of pyridine rings is 1. The largest absolute Gasteiger partial charge is 0.375 e. The predicted octanol–water partition coefficient (Wildman–Crippen LogP) is 6.78. The number of thiocarbonyl (C=S) groups is 1. The second-order valence-electron chi connectivity index (χ2n) is 10.6. The number of ether oxygens (including phenoxy) is 1. The lowest BCUT2D eigenvalue weighted by atomic mass is 9.86. The summed E-state index contributed by atoms with van der Waals surface area (Å²) in [6.45, 7) is 6.44. The van der Waals surface area contributed by atoms with Crippen molar-refractivity contribution >= 4 is 69.1 Å². The second kappa shape index (κ2) is 11.0. The van der Waals surface area contributed by atoms with Crippen LogP contribution in [0.4, 0.5) is 17.1 Å². The second-order valence-corrected chi connectivity index (χ2v) is 11.8. The molecule has 2 aliphatic heterocycles. The molecule has 0 unspecified atom stereocenters. The van der Waals surface area contributed by atoms with Gasteiger partial charge in [0.25, 0.3) is 0 Å². The summed E-state index contributed by atoms with van der Waals surface area (Å²) in [4.78, 5) is 21.0. The summed E-state index contributed by atoms with van der Waals surface area (Å²) in [6, 6.07) is 14.9. The first-order valence-electron chi connectivity index (χ1n) is 12.9. The zero-order chi connectivity index (χ0) is 28.8. The number of methoxy groups -OCH3 is 1. The van der Waals surface area contributed by atoms with Crippen molar-refractivity contribution in [2.24, 2.45) is 0 Å². The van der Waals surface area contributed by atoms with Gasteiger partial charge in [0.15, 0.2) is 5.11 Å². The molecule has 1 saturated heterocycles. The number of hydrogen-bond acceptors (Lipinski definition) is 5. The minimum Gasteiger partial charge on any atom is -0.375 e. The van der Waals surface area contributed by atoms with E-state index in [4.69, 9.17) is 40.2 Å². The number of amides is 1. The third-order valence-corrected chi connectivity index (χ3v) is 8.49. The maximum absolute atomic E-state index is 12.1. The summed E-state index contributed by atoms with van der Waals surface area (Å²) in [5.41, 5.74) is 6.24.